The van der Waals surface area contributed by atoms with Gasteiger partial charge in [-0.3, -0.25) is 9.59 Å². The van der Waals surface area contributed by atoms with E-state index in [2.05, 4.69) is 20.3 Å². The molecule has 5 rings (SSSR count). The molecule has 1 saturated carbocycles. The molecule has 0 unspecified atom stereocenters. The Hall–Kier alpha value is -1.92. The van der Waals surface area contributed by atoms with Crippen LogP contribution in [0.1, 0.15) is 74.7 Å². The number of nitrogens with zero attached hydrogens (tertiary/aromatic N) is 4. The third kappa shape index (κ3) is 3.22. The second kappa shape index (κ2) is 7.48. The van der Waals surface area contributed by atoms with Crippen LogP contribution in [0.3, 0.4) is 0 Å². The van der Waals surface area contributed by atoms with Crippen LogP contribution in [-0.2, 0) is 4.79 Å². The van der Waals surface area contributed by atoms with Crippen LogP contribution in [0, 0.1) is 17.8 Å². The van der Waals surface area contributed by atoms with E-state index >= 15 is 0 Å². The Morgan fingerprint density at radius 2 is 1.93 bits per heavy atom. The van der Waals surface area contributed by atoms with Crippen LogP contribution in [0.25, 0.3) is 0 Å². The molecular formula is C21H31N5O2. The highest BCUT2D eigenvalue weighted by molar-refractivity contribution is 5.92. The minimum Gasteiger partial charge on any atom is -0.336 e. The van der Waals surface area contributed by atoms with Crippen LogP contribution < -0.4 is 0 Å². The third-order valence-electron chi connectivity index (χ3n) is 7.72. The zero-order valence-electron chi connectivity index (χ0n) is 16.6. The number of carbonyl (C=O) groups excluding carboxylic acids is 2. The number of hydrogen-bond acceptors (Lipinski definition) is 4. The lowest BCUT2D eigenvalue weighted by Crippen LogP contribution is -2.65. The maximum atomic E-state index is 12.9. The van der Waals surface area contributed by atoms with E-state index in [0.29, 0.717) is 41.9 Å². The number of piperidine rings is 3. The number of nitrogens with one attached hydrogen (secondary N) is 1. The first-order valence-corrected chi connectivity index (χ1v) is 11.2. The second-order valence-electron chi connectivity index (χ2n) is 9.39. The van der Waals surface area contributed by atoms with Gasteiger partial charge in [0.15, 0.2) is 5.69 Å². The van der Waals surface area contributed by atoms with E-state index in [-0.39, 0.29) is 5.91 Å². The minimum atomic E-state index is -0.0181. The maximum absolute atomic E-state index is 12.9. The summed E-state index contributed by atoms with van der Waals surface area (Å²) in [5.74, 6) is 1.89. The van der Waals surface area contributed by atoms with Crippen LogP contribution in [0.4, 0.5) is 0 Å². The summed E-state index contributed by atoms with van der Waals surface area (Å²) in [6, 6.07) is 0.629. The predicted molar refractivity (Wildman–Crippen MR) is 103 cm³/mol. The Kier molecular flexibility index (Phi) is 4.85. The number of rotatable bonds is 3. The molecule has 2 bridgehead atoms. The summed E-state index contributed by atoms with van der Waals surface area (Å²) in [6.45, 7) is 1.49. The van der Waals surface area contributed by atoms with Gasteiger partial charge in [-0.25, -0.2) is 0 Å². The molecule has 3 saturated heterocycles. The lowest BCUT2D eigenvalue weighted by atomic mass is 9.69. The molecule has 1 aromatic heterocycles. The molecule has 2 amide bonds. The molecule has 7 heteroatoms. The van der Waals surface area contributed by atoms with E-state index in [9.17, 15) is 9.59 Å². The summed E-state index contributed by atoms with van der Waals surface area (Å²) < 4.78 is 0. The number of hydrogen-bond donors (Lipinski definition) is 1. The number of carbonyl (C=O) groups is 2. The highest BCUT2D eigenvalue weighted by Crippen LogP contribution is 2.44. The van der Waals surface area contributed by atoms with Crippen LogP contribution in [0.5, 0.6) is 0 Å². The average Bonchev–Trinajstić information content (AvgIpc) is 3.26. The Bertz CT molecular complexity index is 714. The highest BCUT2D eigenvalue weighted by Gasteiger charge is 2.50. The van der Waals surface area contributed by atoms with Crippen molar-refractivity contribution < 1.29 is 9.59 Å². The Morgan fingerprint density at radius 1 is 1.11 bits per heavy atom. The fourth-order valence-electron chi connectivity index (χ4n) is 6.48. The molecule has 0 aromatic carbocycles. The lowest BCUT2D eigenvalue weighted by molar-refractivity contribution is -0.153. The summed E-state index contributed by atoms with van der Waals surface area (Å²) in [7, 11) is 0. The smallest absolute Gasteiger partial charge is 0.276 e. The predicted octanol–water partition coefficient (Wildman–Crippen LogP) is 2.62. The van der Waals surface area contributed by atoms with Crippen LogP contribution in [-0.4, -0.2) is 62.2 Å². The number of H-pyrrole nitrogens is 1. The zero-order chi connectivity index (χ0) is 19.1. The normalized spacial score (nSPS) is 33.6. The maximum Gasteiger partial charge on any atom is 0.276 e. The van der Waals surface area contributed by atoms with E-state index in [4.69, 9.17) is 0 Å². The summed E-state index contributed by atoms with van der Waals surface area (Å²) in [6.07, 6.45) is 13.2. The molecule has 152 valence electrons. The van der Waals surface area contributed by atoms with Gasteiger partial charge in [0.05, 0.1) is 6.20 Å². The average molecular weight is 386 g/mol. The van der Waals surface area contributed by atoms with Crippen molar-refractivity contribution in [2.75, 3.05) is 13.1 Å². The summed E-state index contributed by atoms with van der Waals surface area (Å²) in [5, 5.41) is 10.4. The molecule has 1 N–H and O–H groups in total. The van der Waals surface area contributed by atoms with Crippen LogP contribution >= 0.6 is 0 Å². The van der Waals surface area contributed by atoms with E-state index in [1.54, 1.807) is 0 Å². The van der Waals surface area contributed by atoms with Crippen molar-refractivity contribution in [2.24, 2.45) is 17.8 Å². The van der Waals surface area contributed by atoms with Crippen molar-refractivity contribution >= 4 is 11.8 Å². The van der Waals surface area contributed by atoms with Gasteiger partial charge in [-0.1, -0.05) is 32.1 Å². The van der Waals surface area contributed by atoms with E-state index in [0.717, 1.165) is 44.7 Å². The number of fused-ring (bicyclic) bond motifs is 4. The van der Waals surface area contributed by atoms with E-state index < -0.39 is 0 Å². The standard InChI is InChI=1S/C21H31N5O2/c27-20-8-4-7-18-15-10-16(13-25(12-15)21(28)17-11-22-24-23-17)19(26(18)20)9-14-5-2-1-3-6-14/h11,14-16,18-19H,1-10,12-13H2,(H,22,23,24)/t15-,16+,18+,19+/m1/s1. The topological polar surface area (TPSA) is 82.2 Å². The van der Waals surface area contributed by atoms with Crippen molar-refractivity contribution in [3.05, 3.63) is 11.9 Å². The molecule has 0 radical (unpaired) electrons. The first-order chi connectivity index (χ1) is 13.7. The van der Waals surface area contributed by atoms with Crippen molar-refractivity contribution in [1.29, 1.82) is 0 Å². The molecule has 7 nitrogen and oxygen atoms in total. The fraction of sp³-hybridized carbons (Fsp3) is 0.810. The SMILES string of the molecule is O=C(c1cn[nH]n1)N1C[C@H]2C[C@@H](C1)[C@H](CC1CCCCC1)N1C(=O)CCC[C@@H]21. The van der Waals surface area contributed by atoms with Gasteiger partial charge < -0.3 is 9.80 Å². The van der Waals surface area contributed by atoms with Gasteiger partial charge in [0.1, 0.15) is 0 Å². The zero-order valence-corrected chi connectivity index (χ0v) is 16.6. The van der Waals surface area contributed by atoms with Crippen LogP contribution in [0.2, 0.25) is 0 Å². The van der Waals surface area contributed by atoms with Crippen molar-refractivity contribution in [3.63, 3.8) is 0 Å². The monoisotopic (exact) mass is 385 g/mol. The number of aromatic amines is 1. The van der Waals surface area contributed by atoms with Gasteiger partial charge in [-0.05, 0) is 43.4 Å². The molecule has 1 aromatic rings. The summed E-state index contributed by atoms with van der Waals surface area (Å²) >= 11 is 0. The summed E-state index contributed by atoms with van der Waals surface area (Å²) in [5.41, 5.74) is 0.403. The van der Waals surface area contributed by atoms with Gasteiger partial charge in [-0.15, -0.1) is 0 Å². The fourth-order valence-corrected chi connectivity index (χ4v) is 6.48. The number of aromatic nitrogens is 3. The largest absolute Gasteiger partial charge is 0.336 e. The van der Waals surface area contributed by atoms with Gasteiger partial charge in [0.25, 0.3) is 5.91 Å². The van der Waals surface area contributed by atoms with Gasteiger partial charge in [-0.2, -0.15) is 15.4 Å². The van der Waals surface area contributed by atoms with Gasteiger partial charge in [0.2, 0.25) is 5.91 Å². The molecule has 1 aliphatic carbocycles. The van der Waals surface area contributed by atoms with Crippen LogP contribution in [0.15, 0.2) is 6.20 Å². The molecule has 0 spiro atoms. The summed E-state index contributed by atoms with van der Waals surface area (Å²) in [4.78, 5) is 30.2. The Balaban J connectivity index is 1.40. The first-order valence-electron chi connectivity index (χ1n) is 11.2. The highest BCUT2D eigenvalue weighted by atomic mass is 16.2. The third-order valence-corrected chi connectivity index (χ3v) is 7.72. The molecule has 4 atom stereocenters. The molecule has 4 aliphatic rings. The van der Waals surface area contributed by atoms with E-state index in [1.807, 2.05) is 4.90 Å². The first kappa shape index (κ1) is 18.1. The van der Waals surface area contributed by atoms with Crippen molar-refractivity contribution in [2.45, 2.75) is 76.3 Å². The number of likely N-dealkylation sites (tertiary alicyclic amines) is 1. The Morgan fingerprint density at radius 3 is 2.71 bits per heavy atom. The molecule has 4 heterocycles. The molecule has 3 aliphatic heterocycles. The molecule has 4 fully saturated rings. The van der Waals surface area contributed by atoms with Crippen molar-refractivity contribution in [1.82, 2.24) is 25.2 Å². The minimum absolute atomic E-state index is 0.0181. The second-order valence-corrected chi connectivity index (χ2v) is 9.39. The lowest BCUT2D eigenvalue weighted by Gasteiger charge is -2.57. The molecule has 28 heavy (non-hydrogen) atoms. The molecular weight excluding hydrogens is 354 g/mol. The Labute approximate surface area is 166 Å². The van der Waals surface area contributed by atoms with Gasteiger partial charge in [0, 0.05) is 31.6 Å². The number of amides is 2. The van der Waals surface area contributed by atoms with Crippen molar-refractivity contribution in [3.8, 4) is 0 Å². The van der Waals surface area contributed by atoms with E-state index in [1.165, 1.54) is 38.3 Å². The quantitative estimate of drug-likeness (QED) is 0.867. The van der Waals surface area contributed by atoms with Gasteiger partial charge >= 0.3 is 0 Å².